The average molecular weight is 343 g/mol. The number of amides is 1. The van der Waals surface area contributed by atoms with E-state index in [4.69, 9.17) is 0 Å². The van der Waals surface area contributed by atoms with Crippen LogP contribution in [0, 0.1) is 10.1 Å². The molecule has 0 aliphatic heterocycles. The lowest BCUT2D eigenvalue weighted by Crippen LogP contribution is -2.34. The van der Waals surface area contributed by atoms with E-state index in [1.54, 1.807) is 25.1 Å². The Labute approximate surface area is 146 Å². The SMILES string of the molecule is CN(C)c1ccc([N+](=O)[O-])cc1C(=O)N(CCO)Cc1ccccc1. The molecule has 7 heteroatoms. The third kappa shape index (κ3) is 4.54. The average Bonchev–Trinajstić information content (AvgIpc) is 2.61. The zero-order chi connectivity index (χ0) is 18.4. The third-order valence-electron chi connectivity index (χ3n) is 3.78. The van der Waals surface area contributed by atoms with Crippen LogP contribution < -0.4 is 4.90 Å². The topological polar surface area (TPSA) is 86.9 Å². The largest absolute Gasteiger partial charge is 0.395 e. The highest BCUT2D eigenvalue weighted by Crippen LogP contribution is 2.26. The summed E-state index contributed by atoms with van der Waals surface area (Å²) in [6.07, 6.45) is 0. The predicted molar refractivity (Wildman–Crippen MR) is 95.7 cm³/mol. The number of aliphatic hydroxyl groups excluding tert-OH is 1. The van der Waals surface area contributed by atoms with Gasteiger partial charge in [0.1, 0.15) is 0 Å². The molecule has 0 atom stereocenters. The Bertz CT molecular complexity index is 747. The molecule has 0 fully saturated rings. The molecular formula is C18H21N3O4. The van der Waals surface area contributed by atoms with Gasteiger partial charge < -0.3 is 14.9 Å². The molecule has 0 saturated carbocycles. The maximum atomic E-state index is 13.0. The summed E-state index contributed by atoms with van der Waals surface area (Å²) in [5.74, 6) is -0.356. The molecule has 0 bridgehead atoms. The minimum atomic E-state index is -0.524. The summed E-state index contributed by atoms with van der Waals surface area (Å²) >= 11 is 0. The van der Waals surface area contributed by atoms with Gasteiger partial charge in [0, 0.05) is 45.0 Å². The van der Waals surface area contributed by atoms with Crippen LogP contribution in [0.5, 0.6) is 0 Å². The lowest BCUT2D eigenvalue weighted by molar-refractivity contribution is -0.384. The minimum Gasteiger partial charge on any atom is -0.395 e. The second-order valence-electron chi connectivity index (χ2n) is 5.79. The maximum absolute atomic E-state index is 13.0. The Balaban J connectivity index is 2.40. The fourth-order valence-corrected chi connectivity index (χ4v) is 2.55. The first-order chi connectivity index (χ1) is 11.9. The van der Waals surface area contributed by atoms with Crippen LogP contribution in [0.3, 0.4) is 0 Å². The van der Waals surface area contributed by atoms with Crippen molar-refractivity contribution in [3.05, 3.63) is 69.8 Å². The summed E-state index contributed by atoms with van der Waals surface area (Å²) in [6, 6.07) is 13.6. The van der Waals surface area contributed by atoms with E-state index in [0.29, 0.717) is 12.2 Å². The second-order valence-corrected chi connectivity index (χ2v) is 5.79. The molecule has 0 heterocycles. The van der Waals surface area contributed by atoms with Gasteiger partial charge in [0.15, 0.2) is 0 Å². The van der Waals surface area contributed by atoms with E-state index in [-0.39, 0.29) is 30.3 Å². The molecular weight excluding hydrogens is 322 g/mol. The summed E-state index contributed by atoms with van der Waals surface area (Å²) in [6.45, 7) is 0.268. The van der Waals surface area contributed by atoms with E-state index in [2.05, 4.69) is 0 Å². The fourth-order valence-electron chi connectivity index (χ4n) is 2.55. The number of nitro groups is 1. The van der Waals surface area contributed by atoms with E-state index in [1.807, 2.05) is 30.3 Å². The Morgan fingerprint density at radius 3 is 2.40 bits per heavy atom. The molecule has 0 unspecified atom stereocenters. The van der Waals surface area contributed by atoms with Crippen molar-refractivity contribution in [1.82, 2.24) is 4.90 Å². The quantitative estimate of drug-likeness (QED) is 0.616. The number of rotatable bonds is 7. The Morgan fingerprint density at radius 1 is 1.16 bits per heavy atom. The number of hydrogen-bond acceptors (Lipinski definition) is 5. The van der Waals surface area contributed by atoms with Crippen molar-refractivity contribution in [2.45, 2.75) is 6.54 Å². The van der Waals surface area contributed by atoms with E-state index in [1.165, 1.54) is 17.0 Å². The molecule has 132 valence electrons. The van der Waals surface area contributed by atoms with Crippen molar-refractivity contribution in [2.75, 3.05) is 32.1 Å². The number of hydrogen-bond donors (Lipinski definition) is 1. The van der Waals surface area contributed by atoms with Crippen molar-refractivity contribution in [2.24, 2.45) is 0 Å². The van der Waals surface area contributed by atoms with Crippen LogP contribution in [0.25, 0.3) is 0 Å². The molecule has 25 heavy (non-hydrogen) atoms. The molecule has 0 saturated heterocycles. The molecule has 0 spiro atoms. The van der Waals surface area contributed by atoms with Gasteiger partial charge in [-0.15, -0.1) is 0 Å². The zero-order valence-electron chi connectivity index (χ0n) is 14.3. The molecule has 0 radical (unpaired) electrons. The van der Waals surface area contributed by atoms with Crippen molar-refractivity contribution < 1.29 is 14.8 Å². The van der Waals surface area contributed by atoms with E-state index in [0.717, 1.165) is 5.56 Å². The van der Waals surface area contributed by atoms with Crippen molar-refractivity contribution in [1.29, 1.82) is 0 Å². The van der Waals surface area contributed by atoms with Gasteiger partial charge >= 0.3 is 0 Å². The maximum Gasteiger partial charge on any atom is 0.270 e. The number of non-ortho nitro benzene ring substituents is 1. The molecule has 0 aliphatic carbocycles. The first-order valence-corrected chi connectivity index (χ1v) is 7.84. The molecule has 0 aliphatic rings. The number of benzene rings is 2. The number of carbonyl (C=O) groups is 1. The summed E-state index contributed by atoms with van der Waals surface area (Å²) in [4.78, 5) is 26.8. The van der Waals surface area contributed by atoms with E-state index < -0.39 is 4.92 Å². The smallest absolute Gasteiger partial charge is 0.270 e. The number of anilines is 1. The molecule has 2 rings (SSSR count). The fraction of sp³-hybridized carbons (Fsp3) is 0.278. The van der Waals surface area contributed by atoms with Crippen LogP contribution in [0.4, 0.5) is 11.4 Å². The van der Waals surface area contributed by atoms with Gasteiger partial charge in [-0.25, -0.2) is 0 Å². The highest BCUT2D eigenvalue weighted by atomic mass is 16.6. The van der Waals surface area contributed by atoms with Crippen molar-refractivity contribution in [3.63, 3.8) is 0 Å². The molecule has 1 amide bonds. The zero-order valence-corrected chi connectivity index (χ0v) is 14.3. The van der Waals surface area contributed by atoms with Gasteiger partial charge in [-0.1, -0.05) is 30.3 Å². The molecule has 0 aromatic heterocycles. The Morgan fingerprint density at radius 2 is 1.84 bits per heavy atom. The van der Waals surface area contributed by atoms with Crippen molar-refractivity contribution >= 4 is 17.3 Å². The summed E-state index contributed by atoms with van der Waals surface area (Å²) in [7, 11) is 3.54. The first kappa shape index (κ1) is 18.4. The second kappa shape index (κ2) is 8.25. The van der Waals surface area contributed by atoms with Crippen LogP contribution in [-0.4, -0.2) is 48.1 Å². The van der Waals surface area contributed by atoms with Crippen LogP contribution >= 0.6 is 0 Å². The third-order valence-corrected chi connectivity index (χ3v) is 3.78. The van der Waals surface area contributed by atoms with Gasteiger partial charge in [0.05, 0.1) is 17.1 Å². The highest BCUT2D eigenvalue weighted by Gasteiger charge is 2.22. The van der Waals surface area contributed by atoms with Gasteiger partial charge in [0.25, 0.3) is 11.6 Å². The van der Waals surface area contributed by atoms with Crippen LogP contribution in [0.15, 0.2) is 48.5 Å². The normalized spacial score (nSPS) is 10.4. The van der Waals surface area contributed by atoms with Gasteiger partial charge in [-0.2, -0.15) is 0 Å². The predicted octanol–water partition coefficient (Wildman–Crippen LogP) is 2.30. The number of carbonyl (C=O) groups excluding carboxylic acids is 1. The molecule has 1 N–H and O–H groups in total. The molecule has 7 nitrogen and oxygen atoms in total. The lowest BCUT2D eigenvalue weighted by atomic mass is 10.1. The van der Waals surface area contributed by atoms with Gasteiger partial charge in [-0.05, 0) is 11.6 Å². The highest BCUT2D eigenvalue weighted by molar-refractivity contribution is 6.00. The lowest BCUT2D eigenvalue weighted by Gasteiger charge is -2.25. The first-order valence-electron chi connectivity index (χ1n) is 7.84. The molecule has 2 aromatic carbocycles. The van der Waals surface area contributed by atoms with E-state index in [9.17, 15) is 20.0 Å². The van der Waals surface area contributed by atoms with Gasteiger partial charge in [-0.3, -0.25) is 14.9 Å². The number of aliphatic hydroxyl groups is 1. The summed E-state index contributed by atoms with van der Waals surface area (Å²) in [5, 5.41) is 20.4. The Kier molecular flexibility index (Phi) is 6.08. The summed E-state index contributed by atoms with van der Waals surface area (Å²) < 4.78 is 0. The van der Waals surface area contributed by atoms with Crippen LogP contribution in [-0.2, 0) is 6.54 Å². The van der Waals surface area contributed by atoms with E-state index >= 15 is 0 Å². The summed E-state index contributed by atoms with van der Waals surface area (Å²) in [5.41, 5.74) is 1.61. The van der Waals surface area contributed by atoms with Crippen LogP contribution in [0.2, 0.25) is 0 Å². The number of nitro benzene ring substituents is 1. The van der Waals surface area contributed by atoms with Crippen LogP contribution in [0.1, 0.15) is 15.9 Å². The standard InChI is InChI=1S/C18H21N3O4/c1-19(2)17-9-8-15(21(24)25)12-16(17)18(23)20(10-11-22)13-14-6-4-3-5-7-14/h3-9,12,22H,10-11,13H2,1-2H3. The monoisotopic (exact) mass is 343 g/mol. The molecule has 2 aromatic rings. The number of nitrogens with zero attached hydrogens (tertiary/aromatic N) is 3. The van der Waals surface area contributed by atoms with Gasteiger partial charge in [0.2, 0.25) is 0 Å². The Hall–Kier alpha value is -2.93. The minimum absolute atomic E-state index is 0.141. The van der Waals surface area contributed by atoms with Crippen molar-refractivity contribution in [3.8, 4) is 0 Å².